The van der Waals surface area contributed by atoms with E-state index in [-0.39, 0.29) is 5.95 Å². The van der Waals surface area contributed by atoms with Gasteiger partial charge in [0.05, 0.1) is 17.1 Å². The molecular formula is C15H14N4. The summed E-state index contributed by atoms with van der Waals surface area (Å²) >= 11 is 0. The Morgan fingerprint density at radius 1 is 0.947 bits per heavy atom. The Labute approximate surface area is 111 Å². The summed E-state index contributed by atoms with van der Waals surface area (Å²) in [5.74, 6) is 0.289. The summed E-state index contributed by atoms with van der Waals surface area (Å²) in [5, 5.41) is 0. The highest BCUT2D eigenvalue weighted by molar-refractivity contribution is 5.67. The molecule has 0 saturated heterocycles. The fraction of sp³-hybridized carbons (Fsp3) is 0.0667. The van der Waals surface area contributed by atoms with Gasteiger partial charge in [-0.3, -0.25) is 0 Å². The molecule has 19 heavy (non-hydrogen) atoms. The van der Waals surface area contributed by atoms with Crippen molar-refractivity contribution in [1.29, 1.82) is 0 Å². The van der Waals surface area contributed by atoms with Crippen LogP contribution in [-0.2, 0) is 7.05 Å². The van der Waals surface area contributed by atoms with Gasteiger partial charge in [-0.05, 0) is 18.2 Å². The molecular weight excluding hydrogens is 236 g/mol. The molecule has 4 heteroatoms. The van der Waals surface area contributed by atoms with Gasteiger partial charge in [0.1, 0.15) is 0 Å². The standard InChI is InChI=1S/C15H14N4/c1-19-9-5-8-14(19)13-10-12(17-15(16)18-13)11-6-3-2-4-7-11/h2-10H,1H3,(H2,16,17,18). The third kappa shape index (κ3) is 2.20. The minimum absolute atomic E-state index is 0.289. The Morgan fingerprint density at radius 2 is 1.68 bits per heavy atom. The van der Waals surface area contributed by atoms with Crippen LogP contribution in [0.15, 0.2) is 54.7 Å². The smallest absolute Gasteiger partial charge is 0.221 e. The van der Waals surface area contributed by atoms with E-state index in [1.165, 1.54) is 0 Å². The van der Waals surface area contributed by atoms with Crippen molar-refractivity contribution in [2.75, 3.05) is 5.73 Å². The molecule has 3 rings (SSSR count). The lowest BCUT2D eigenvalue weighted by molar-refractivity contribution is 0.929. The first-order valence-corrected chi connectivity index (χ1v) is 6.06. The molecule has 3 aromatic rings. The quantitative estimate of drug-likeness (QED) is 0.760. The summed E-state index contributed by atoms with van der Waals surface area (Å²) in [6.07, 6.45) is 1.98. The minimum atomic E-state index is 0.289. The number of nitrogen functional groups attached to an aromatic ring is 1. The lowest BCUT2D eigenvalue weighted by Crippen LogP contribution is -2.00. The van der Waals surface area contributed by atoms with Crippen LogP contribution >= 0.6 is 0 Å². The molecule has 1 aromatic carbocycles. The van der Waals surface area contributed by atoms with Crippen molar-refractivity contribution in [3.05, 3.63) is 54.7 Å². The maximum atomic E-state index is 5.82. The molecule has 0 aliphatic carbocycles. The second-order valence-electron chi connectivity index (χ2n) is 4.37. The van der Waals surface area contributed by atoms with Crippen molar-refractivity contribution in [1.82, 2.24) is 14.5 Å². The Hall–Kier alpha value is -2.62. The summed E-state index contributed by atoms with van der Waals surface area (Å²) < 4.78 is 2.01. The van der Waals surface area contributed by atoms with Gasteiger partial charge >= 0.3 is 0 Å². The SMILES string of the molecule is Cn1cccc1-c1cc(-c2ccccc2)nc(N)n1. The summed E-state index contributed by atoms with van der Waals surface area (Å²) in [6.45, 7) is 0. The lowest BCUT2D eigenvalue weighted by atomic mass is 10.1. The van der Waals surface area contributed by atoms with Crippen molar-refractivity contribution >= 4 is 5.95 Å². The maximum absolute atomic E-state index is 5.82. The molecule has 0 saturated carbocycles. The number of anilines is 1. The van der Waals surface area contributed by atoms with Crippen LogP contribution in [0.2, 0.25) is 0 Å². The third-order valence-electron chi connectivity index (χ3n) is 3.02. The number of aryl methyl sites for hydroxylation is 1. The number of hydrogen-bond donors (Lipinski definition) is 1. The molecule has 0 radical (unpaired) electrons. The van der Waals surface area contributed by atoms with Crippen LogP contribution in [0, 0.1) is 0 Å². The van der Waals surface area contributed by atoms with E-state index >= 15 is 0 Å². The summed E-state index contributed by atoms with van der Waals surface area (Å²) in [5.41, 5.74) is 9.55. The topological polar surface area (TPSA) is 56.7 Å². The van der Waals surface area contributed by atoms with Crippen molar-refractivity contribution in [2.45, 2.75) is 0 Å². The molecule has 0 spiro atoms. The summed E-state index contributed by atoms with van der Waals surface area (Å²) in [4.78, 5) is 8.61. The molecule has 0 unspecified atom stereocenters. The lowest BCUT2D eigenvalue weighted by Gasteiger charge is -2.07. The van der Waals surface area contributed by atoms with Gasteiger partial charge in [-0.2, -0.15) is 0 Å². The molecule has 0 atom stereocenters. The summed E-state index contributed by atoms with van der Waals surface area (Å²) in [7, 11) is 1.98. The number of rotatable bonds is 2. The zero-order valence-corrected chi connectivity index (χ0v) is 10.6. The fourth-order valence-electron chi connectivity index (χ4n) is 2.08. The number of benzene rings is 1. The average Bonchev–Trinajstić information content (AvgIpc) is 2.85. The molecule has 0 bridgehead atoms. The van der Waals surface area contributed by atoms with Crippen LogP contribution in [0.4, 0.5) is 5.95 Å². The average molecular weight is 250 g/mol. The Kier molecular flexibility index (Phi) is 2.76. The second kappa shape index (κ2) is 4.57. The highest BCUT2D eigenvalue weighted by Crippen LogP contribution is 2.24. The van der Waals surface area contributed by atoms with Crippen molar-refractivity contribution < 1.29 is 0 Å². The highest BCUT2D eigenvalue weighted by atomic mass is 15.0. The predicted octanol–water partition coefficient (Wildman–Crippen LogP) is 2.73. The molecule has 94 valence electrons. The van der Waals surface area contributed by atoms with E-state index in [9.17, 15) is 0 Å². The number of nitrogens with two attached hydrogens (primary N) is 1. The van der Waals surface area contributed by atoms with Crippen LogP contribution in [0.5, 0.6) is 0 Å². The monoisotopic (exact) mass is 250 g/mol. The maximum Gasteiger partial charge on any atom is 0.221 e. The Morgan fingerprint density at radius 3 is 2.37 bits per heavy atom. The molecule has 0 aliphatic rings. The van der Waals surface area contributed by atoms with Crippen molar-refractivity contribution in [3.8, 4) is 22.6 Å². The predicted molar refractivity (Wildman–Crippen MR) is 76.3 cm³/mol. The van der Waals surface area contributed by atoms with Gasteiger partial charge in [0.25, 0.3) is 0 Å². The molecule has 2 N–H and O–H groups in total. The van der Waals surface area contributed by atoms with E-state index in [1.54, 1.807) is 0 Å². The minimum Gasteiger partial charge on any atom is -0.368 e. The Bertz CT molecular complexity index is 701. The van der Waals surface area contributed by atoms with Gasteiger partial charge < -0.3 is 10.3 Å². The fourth-order valence-corrected chi connectivity index (χ4v) is 2.08. The summed E-state index contributed by atoms with van der Waals surface area (Å²) in [6, 6.07) is 15.9. The largest absolute Gasteiger partial charge is 0.368 e. The zero-order valence-electron chi connectivity index (χ0n) is 10.6. The first-order chi connectivity index (χ1) is 9.24. The number of nitrogens with zero attached hydrogens (tertiary/aromatic N) is 3. The van der Waals surface area contributed by atoms with E-state index in [0.29, 0.717) is 0 Å². The molecule has 2 aromatic heterocycles. The van der Waals surface area contributed by atoms with Crippen LogP contribution in [-0.4, -0.2) is 14.5 Å². The van der Waals surface area contributed by atoms with Gasteiger partial charge in [0.2, 0.25) is 5.95 Å². The van der Waals surface area contributed by atoms with E-state index in [4.69, 9.17) is 5.73 Å². The van der Waals surface area contributed by atoms with E-state index < -0.39 is 0 Å². The van der Waals surface area contributed by atoms with E-state index in [0.717, 1.165) is 22.6 Å². The van der Waals surface area contributed by atoms with Crippen molar-refractivity contribution in [3.63, 3.8) is 0 Å². The van der Waals surface area contributed by atoms with Gasteiger partial charge in [0, 0.05) is 18.8 Å². The van der Waals surface area contributed by atoms with Gasteiger partial charge in [0.15, 0.2) is 0 Å². The molecule has 2 heterocycles. The molecule has 0 fully saturated rings. The van der Waals surface area contributed by atoms with Crippen LogP contribution in [0.1, 0.15) is 0 Å². The van der Waals surface area contributed by atoms with Crippen LogP contribution in [0.3, 0.4) is 0 Å². The first-order valence-electron chi connectivity index (χ1n) is 6.06. The first kappa shape index (κ1) is 11.5. The number of aromatic nitrogens is 3. The molecule has 0 aliphatic heterocycles. The number of hydrogen-bond acceptors (Lipinski definition) is 3. The van der Waals surface area contributed by atoms with Gasteiger partial charge in [-0.1, -0.05) is 30.3 Å². The second-order valence-corrected chi connectivity index (χ2v) is 4.37. The molecule has 0 amide bonds. The van der Waals surface area contributed by atoms with Crippen LogP contribution < -0.4 is 5.73 Å². The van der Waals surface area contributed by atoms with E-state index in [1.807, 2.05) is 66.3 Å². The normalized spacial score (nSPS) is 10.6. The van der Waals surface area contributed by atoms with Gasteiger partial charge in [-0.25, -0.2) is 9.97 Å². The Balaban J connectivity index is 2.14. The molecule has 4 nitrogen and oxygen atoms in total. The van der Waals surface area contributed by atoms with Gasteiger partial charge in [-0.15, -0.1) is 0 Å². The zero-order chi connectivity index (χ0) is 13.2. The van der Waals surface area contributed by atoms with Crippen molar-refractivity contribution in [2.24, 2.45) is 7.05 Å². The highest BCUT2D eigenvalue weighted by Gasteiger charge is 2.08. The third-order valence-corrected chi connectivity index (χ3v) is 3.02. The van der Waals surface area contributed by atoms with E-state index in [2.05, 4.69) is 9.97 Å². The van der Waals surface area contributed by atoms with Crippen LogP contribution in [0.25, 0.3) is 22.6 Å².